The summed E-state index contributed by atoms with van der Waals surface area (Å²) in [4.78, 5) is 66.8. The van der Waals surface area contributed by atoms with Crippen LogP contribution in [0.15, 0.2) is 54.6 Å². The summed E-state index contributed by atoms with van der Waals surface area (Å²) in [5.41, 5.74) is 4.71. The normalized spacial score (nSPS) is 11.6. The fourth-order valence-corrected chi connectivity index (χ4v) is 4.92. The number of alkyl carbamates (subject to hydrolysis) is 1. The number of hydrogen-bond acceptors (Lipinski definition) is 10. The number of unbranched alkanes of at least 4 members (excludes halogenated alkanes) is 2. The van der Waals surface area contributed by atoms with Crippen LogP contribution in [0.2, 0.25) is 0 Å². The second-order valence-corrected chi connectivity index (χ2v) is 13.4. The molecule has 53 heavy (non-hydrogen) atoms. The number of aryl methyl sites for hydroxylation is 2. The lowest BCUT2D eigenvalue weighted by molar-refractivity contribution is -0.158. The molecule has 0 unspecified atom stereocenters. The van der Waals surface area contributed by atoms with Crippen LogP contribution in [0.25, 0.3) is 0 Å². The Hall–Kier alpha value is -4.53. The molecule has 2 rings (SSSR count). The van der Waals surface area contributed by atoms with Crippen molar-refractivity contribution in [2.45, 2.75) is 90.2 Å². The van der Waals surface area contributed by atoms with Gasteiger partial charge in [0.05, 0.1) is 39.3 Å². The van der Waals surface area contributed by atoms with E-state index in [0.29, 0.717) is 39.2 Å². The zero-order valence-electron chi connectivity index (χ0n) is 31.7. The average molecular weight is 743 g/mol. The molecule has 0 aliphatic carbocycles. The maximum absolute atomic E-state index is 12.9. The van der Waals surface area contributed by atoms with Gasteiger partial charge in [-0.15, -0.1) is 0 Å². The smallest absolute Gasteiger partial charge is 0.408 e. The lowest BCUT2D eigenvalue weighted by atomic mass is 10.0. The van der Waals surface area contributed by atoms with Gasteiger partial charge in [0.1, 0.15) is 18.2 Å². The van der Waals surface area contributed by atoms with Gasteiger partial charge in [0, 0.05) is 20.2 Å². The summed E-state index contributed by atoms with van der Waals surface area (Å²) in [6, 6.07) is 17.2. The van der Waals surface area contributed by atoms with Crippen LogP contribution in [0.1, 0.15) is 76.0 Å². The molecule has 0 spiro atoms. The van der Waals surface area contributed by atoms with Crippen molar-refractivity contribution in [1.29, 1.82) is 0 Å². The van der Waals surface area contributed by atoms with Crippen LogP contribution < -0.4 is 21.4 Å². The first kappa shape index (κ1) is 44.6. The van der Waals surface area contributed by atoms with Crippen LogP contribution in [0.4, 0.5) is 4.79 Å². The Morgan fingerprint density at radius 3 is 2.02 bits per heavy atom. The Morgan fingerprint density at radius 2 is 1.34 bits per heavy atom. The third kappa shape index (κ3) is 22.9. The molecular formula is C39H58N4O10. The van der Waals surface area contributed by atoms with Crippen molar-refractivity contribution < 1.29 is 47.8 Å². The van der Waals surface area contributed by atoms with Gasteiger partial charge in [-0.1, -0.05) is 54.6 Å². The fraction of sp³-hybridized carbons (Fsp3) is 0.564. The molecule has 4 amide bonds. The minimum Gasteiger partial charge on any atom is -0.444 e. The van der Waals surface area contributed by atoms with Crippen molar-refractivity contribution in [1.82, 2.24) is 21.4 Å². The zero-order chi connectivity index (χ0) is 38.7. The van der Waals surface area contributed by atoms with Crippen LogP contribution in [0.3, 0.4) is 0 Å². The van der Waals surface area contributed by atoms with Crippen molar-refractivity contribution in [3.05, 3.63) is 71.3 Å². The van der Waals surface area contributed by atoms with E-state index in [1.807, 2.05) is 30.3 Å². The molecule has 0 saturated heterocycles. The van der Waals surface area contributed by atoms with Crippen LogP contribution in [-0.2, 0) is 62.2 Å². The third-order valence-corrected chi connectivity index (χ3v) is 7.60. The number of hydroxylamine groups is 1. The van der Waals surface area contributed by atoms with E-state index in [0.717, 1.165) is 31.2 Å². The fourth-order valence-electron chi connectivity index (χ4n) is 4.92. The summed E-state index contributed by atoms with van der Waals surface area (Å²) in [6.07, 6.45) is 4.52. The SMILES string of the molecule is COCCOCCOCC(=O)NCCCC[C@H](NC(=O)OC(C)(C)C)C(=O)NCCC(=O)ONC(=O)Cc1ccc(CCCCc2ccccc2)cc1. The first-order valence-electron chi connectivity index (χ1n) is 18.2. The van der Waals surface area contributed by atoms with Gasteiger partial charge in [0.25, 0.3) is 5.91 Å². The second-order valence-electron chi connectivity index (χ2n) is 13.4. The van der Waals surface area contributed by atoms with Crippen molar-refractivity contribution in [2.24, 2.45) is 0 Å². The molecule has 2 aromatic rings. The number of carbonyl (C=O) groups is 5. The van der Waals surface area contributed by atoms with Gasteiger partial charge in [0.2, 0.25) is 11.8 Å². The number of rotatable bonds is 25. The van der Waals surface area contributed by atoms with Gasteiger partial charge >= 0.3 is 12.1 Å². The Bertz CT molecular complexity index is 1370. The number of nitrogens with one attached hydrogen (secondary N) is 4. The van der Waals surface area contributed by atoms with Crippen LogP contribution in [0, 0.1) is 0 Å². The number of carbonyl (C=O) groups excluding carboxylic acids is 5. The van der Waals surface area contributed by atoms with Gasteiger partial charge in [-0.3, -0.25) is 14.4 Å². The van der Waals surface area contributed by atoms with E-state index in [9.17, 15) is 24.0 Å². The minimum atomic E-state index is -0.946. The monoisotopic (exact) mass is 742 g/mol. The Labute approximate surface area is 313 Å². The quantitative estimate of drug-likeness (QED) is 0.0866. The van der Waals surface area contributed by atoms with Gasteiger partial charge in [-0.2, -0.15) is 5.48 Å². The second kappa shape index (κ2) is 26.3. The molecular weight excluding hydrogens is 684 g/mol. The Kier molecular flexibility index (Phi) is 22.1. The maximum Gasteiger partial charge on any atom is 0.408 e. The first-order valence-corrected chi connectivity index (χ1v) is 18.2. The third-order valence-electron chi connectivity index (χ3n) is 7.60. The molecule has 0 aromatic heterocycles. The molecule has 14 heteroatoms. The number of ether oxygens (including phenoxy) is 4. The summed E-state index contributed by atoms with van der Waals surface area (Å²) < 4.78 is 20.7. The van der Waals surface area contributed by atoms with Crippen LogP contribution in [0.5, 0.6) is 0 Å². The number of benzene rings is 2. The highest BCUT2D eigenvalue weighted by atomic mass is 16.7. The summed E-state index contributed by atoms with van der Waals surface area (Å²) >= 11 is 0. The van der Waals surface area contributed by atoms with Crippen molar-refractivity contribution in [3.8, 4) is 0 Å². The van der Waals surface area contributed by atoms with Crippen LogP contribution in [-0.4, -0.2) is 94.7 Å². The maximum atomic E-state index is 12.9. The molecule has 14 nitrogen and oxygen atoms in total. The van der Waals surface area contributed by atoms with Gasteiger partial charge < -0.3 is 39.7 Å². The van der Waals surface area contributed by atoms with Crippen molar-refractivity contribution in [2.75, 3.05) is 53.2 Å². The Morgan fingerprint density at radius 1 is 0.698 bits per heavy atom. The van der Waals surface area contributed by atoms with E-state index in [1.54, 1.807) is 27.9 Å². The summed E-state index contributed by atoms with van der Waals surface area (Å²) in [5.74, 6) is -2.01. The van der Waals surface area contributed by atoms with Crippen LogP contribution >= 0.6 is 0 Å². The topological polar surface area (TPSA) is 180 Å². The first-order chi connectivity index (χ1) is 25.4. The molecule has 0 bridgehead atoms. The van der Waals surface area contributed by atoms with Gasteiger partial charge in [0.15, 0.2) is 0 Å². The van der Waals surface area contributed by atoms with Crippen molar-refractivity contribution >= 4 is 29.8 Å². The minimum absolute atomic E-state index is 0.0406. The van der Waals surface area contributed by atoms with E-state index >= 15 is 0 Å². The lowest BCUT2D eigenvalue weighted by Crippen LogP contribution is -2.48. The molecule has 294 valence electrons. The molecule has 0 aliphatic heterocycles. The summed E-state index contributed by atoms with van der Waals surface area (Å²) in [7, 11) is 1.58. The number of methoxy groups -OCH3 is 1. The lowest BCUT2D eigenvalue weighted by Gasteiger charge is -2.23. The molecule has 4 N–H and O–H groups in total. The van der Waals surface area contributed by atoms with E-state index < -0.39 is 35.5 Å². The van der Waals surface area contributed by atoms with Crippen molar-refractivity contribution in [3.63, 3.8) is 0 Å². The summed E-state index contributed by atoms with van der Waals surface area (Å²) in [6.45, 7) is 6.86. The van der Waals surface area contributed by atoms with E-state index in [-0.39, 0.29) is 44.9 Å². The highest BCUT2D eigenvalue weighted by Gasteiger charge is 2.24. The molecule has 1 atom stereocenters. The number of hydrogen-bond donors (Lipinski definition) is 4. The van der Waals surface area contributed by atoms with Gasteiger partial charge in [-0.25, -0.2) is 9.59 Å². The van der Waals surface area contributed by atoms with Gasteiger partial charge in [-0.05, 0) is 82.4 Å². The molecule has 0 radical (unpaired) electrons. The zero-order valence-corrected chi connectivity index (χ0v) is 31.7. The standard InChI is InChI=1S/C39H58N4O10/c1-39(2,3)52-38(48)42-33(16-10-11-22-40-35(45)29-51-27-26-50-25-24-49-4)37(47)41-23-21-36(46)53-43-34(44)28-32-19-17-31(18-20-32)15-9-8-14-30-12-6-5-7-13-30/h5-7,12-13,17-20,33H,8-11,14-16,21-29H2,1-4H3,(H,40,45)(H,41,47)(H,42,48)(H,43,44)/t33-/m0/s1. The molecule has 0 saturated carbocycles. The highest BCUT2D eigenvalue weighted by Crippen LogP contribution is 2.12. The van der Waals surface area contributed by atoms with E-state index in [1.165, 1.54) is 11.1 Å². The number of amides is 4. The predicted molar refractivity (Wildman–Crippen MR) is 199 cm³/mol. The molecule has 0 aliphatic rings. The molecule has 2 aromatic carbocycles. The largest absolute Gasteiger partial charge is 0.444 e. The highest BCUT2D eigenvalue weighted by molar-refractivity contribution is 5.86. The van der Waals surface area contributed by atoms with E-state index in [2.05, 4.69) is 45.7 Å². The average Bonchev–Trinajstić information content (AvgIpc) is 3.12. The molecule has 0 fully saturated rings. The van der Waals surface area contributed by atoms with E-state index in [4.69, 9.17) is 23.8 Å². The predicted octanol–water partition coefficient (Wildman–Crippen LogP) is 3.73. The molecule has 0 heterocycles. The Balaban J connectivity index is 1.66. The summed E-state index contributed by atoms with van der Waals surface area (Å²) in [5, 5.41) is 7.94.